The summed E-state index contributed by atoms with van der Waals surface area (Å²) in [6.45, 7) is 8.53. The Morgan fingerprint density at radius 1 is 0.500 bits per heavy atom. The minimum absolute atomic E-state index is 0. The molecular weight excluding hydrogens is 312 g/mol. The number of hydrogen-bond acceptors (Lipinski definition) is 0. The highest BCUT2D eigenvalue weighted by Crippen LogP contribution is 2.17. The van der Waals surface area contributed by atoms with Gasteiger partial charge in [-0.3, -0.25) is 0 Å². The third-order valence-corrected chi connectivity index (χ3v) is 4.02. The molecule has 0 fully saturated rings. The van der Waals surface area contributed by atoms with E-state index in [-0.39, 0.29) is 7.43 Å². The van der Waals surface area contributed by atoms with Crippen LogP contribution in [0.3, 0.4) is 0 Å². The van der Waals surface area contributed by atoms with Gasteiger partial charge in [0.15, 0.2) is 0 Å². The van der Waals surface area contributed by atoms with E-state index >= 15 is 0 Å². The molecule has 0 aliphatic carbocycles. The first-order valence-electron chi connectivity index (χ1n) is 9.06. The van der Waals surface area contributed by atoms with Crippen molar-refractivity contribution >= 4 is 21.5 Å². The fourth-order valence-electron chi connectivity index (χ4n) is 2.77. The summed E-state index contributed by atoms with van der Waals surface area (Å²) in [4.78, 5) is 0. The Kier molecular flexibility index (Phi) is 9.15. The maximum atomic E-state index is 2.16. The number of rotatable bonds is 0. The lowest BCUT2D eigenvalue weighted by Gasteiger charge is -1.98. The molecule has 0 radical (unpaired) electrons. The molecule has 0 aromatic heterocycles. The summed E-state index contributed by atoms with van der Waals surface area (Å²) in [5.41, 5.74) is 2.70. The SMILES string of the molecule is C.CCC.Cc1cccc2ccccc12.Cc1cccc2ccccc12. The van der Waals surface area contributed by atoms with E-state index in [0.29, 0.717) is 0 Å². The second-order valence-corrected chi connectivity index (χ2v) is 6.30. The molecule has 0 heterocycles. The monoisotopic (exact) mass is 344 g/mol. The highest BCUT2D eigenvalue weighted by Gasteiger charge is 1.92. The molecule has 0 aliphatic heterocycles. The van der Waals surface area contributed by atoms with E-state index < -0.39 is 0 Å². The molecule has 0 atom stereocenters. The van der Waals surface area contributed by atoms with E-state index in [1.165, 1.54) is 39.1 Å². The quantitative estimate of drug-likeness (QED) is 0.300. The predicted octanol–water partition coefficient (Wildman–Crippen LogP) is 8.35. The fourth-order valence-corrected chi connectivity index (χ4v) is 2.77. The van der Waals surface area contributed by atoms with Crippen LogP contribution in [0.2, 0.25) is 0 Å². The van der Waals surface area contributed by atoms with E-state index in [0.717, 1.165) is 0 Å². The van der Waals surface area contributed by atoms with Crippen LogP contribution in [0, 0.1) is 13.8 Å². The first kappa shape index (κ1) is 21.4. The van der Waals surface area contributed by atoms with E-state index in [9.17, 15) is 0 Å². The van der Waals surface area contributed by atoms with Crippen LogP contribution < -0.4 is 0 Å². The largest absolute Gasteiger partial charge is 0.0776 e. The van der Waals surface area contributed by atoms with Gasteiger partial charge >= 0.3 is 0 Å². The molecule has 0 unspecified atom stereocenters. The average Bonchev–Trinajstić information content (AvgIpc) is 2.64. The van der Waals surface area contributed by atoms with Crippen molar-refractivity contribution in [3.05, 3.63) is 96.1 Å². The molecule has 0 bridgehead atoms. The fraction of sp³-hybridized carbons (Fsp3) is 0.231. The van der Waals surface area contributed by atoms with Crippen molar-refractivity contribution in [2.24, 2.45) is 0 Å². The lowest BCUT2D eigenvalue weighted by atomic mass is 10.1. The van der Waals surface area contributed by atoms with Crippen molar-refractivity contribution in [2.45, 2.75) is 41.5 Å². The van der Waals surface area contributed by atoms with Crippen molar-refractivity contribution < 1.29 is 0 Å². The molecule has 0 spiro atoms. The van der Waals surface area contributed by atoms with Gasteiger partial charge < -0.3 is 0 Å². The van der Waals surface area contributed by atoms with Crippen LogP contribution in [-0.4, -0.2) is 0 Å². The van der Waals surface area contributed by atoms with Crippen LogP contribution in [0.25, 0.3) is 21.5 Å². The van der Waals surface area contributed by atoms with Gasteiger partial charge in [0, 0.05) is 0 Å². The third kappa shape index (κ3) is 5.74. The van der Waals surface area contributed by atoms with Crippen LogP contribution >= 0.6 is 0 Å². The standard InChI is InChI=1S/2C11H10.C3H8.CH4/c2*1-9-5-4-7-10-6-2-3-8-11(9)10;1-3-2;/h2*2-8H,1H3;3H2,1-2H3;1H4. The lowest BCUT2D eigenvalue weighted by molar-refractivity contribution is 1.09. The zero-order valence-electron chi connectivity index (χ0n) is 15.8. The van der Waals surface area contributed by atoms with Gasteiger partial charge in [0.25, 0.3) is 0 Å². The zero-order chi connectivity index (χ0) is 18.1. The van der Waals surface area contributed by atoms with Gasteiger partial charge in [0.2, 0.25) is 0 Å². The summed E-state index contributed by atoms with van der Waals surface area (Å²) in [5, 5.41) is 5.37. The second kappa shape index (κ2) is 11.1. The van der Waals surface area contributed by atoms with Gasteiger partial charge in [-0.1, -0.05) is 113 Å². The van der Waals surface area contributed by atoms with Crippen molar-refractivity contribution in [1.82, 2.24) is 0 Å². The van der Waals surface area contributed by atoms with Crippen LogP contribution in [0.1, 0.15) is 38.8 Å². The molecule has 4 aromatic carbocycles. The Hall–Kier alpha value is -2.60. The Bertz CT molecular complexity index is 831. The molecule has 0 amide bonds. The minimum atomic E-state index is 0. The van der Waals surface area contributed by atoms with Gasteiger partial charge in [0.05, 0.1) is 0 Å². The molecule has 0 nitrogen and oxygen atoms in total. The molecule has 0 aliphatic rings. The first-order chi connectivity index (χ1) is 12.2. The highest BCUT2D eigenvalue weighted by molar-refractivity contribution is 5.85. The number of fused-ring (bicyclic) bond motifs is 2. The molecule has 4 rings (SSSR count). The van der Waals surface area contributed by atoms with E-state index in [4.69, 9.17) is 0 Å². The summed E-state index contributed by atoms with van der Waals surface area (Å²) in [5.74, 6) is 0. The predicted molar refractivity (Wildman–Crippen MR) is 120 cm³/mol. The summed E-state index contributed by atoms with van der Waals surface area (Å²) in [7, 11) is 0. The lowest BCUT2D eigenvalue weighted by Crippen LogP contribution is -1.75. The van der Waals surface area contributed by atoms with Crippen LogP contribution in [0.4, 0.5) is 0 Å². The molecule has 0 saturated carbocycles. The third-order valence-electron chi connectivity index (χ3n) is 4.02. The van der Waals surface area contributed by atoms with Gasteiger partial charge in [-0.25, -0.2) is 0 Å². The van der Waals surface area contributed by atoms with Gasteiger partial charge in [-0.15, -0.1) is 0 Å². The maximum Gasteiger partial charge on any atom is -0.0155 e. The molecular formula is C26H32. The number of benzene rings is 4. The van der Waals surface area contributed by atoms with E-state index in [1.807, 2.05) is 0 Å². The Morgan fingerprint density at radius 3 is 1.15 bits per heavy atom. The molecule has 4 aromatic rings. The Morgan fingerprint density at radius 2 is 0.808 bits per heavy atom. The van der Waals surface area contributed by atoms with E-state index in [1.54, 1.807) is 0 Å². The van der Waals surface area contributed by atoms with Crippen LogP contribution in [-0.2, 0) is 0 Å². The molecule has 0 heteroatoms. The number of aryl methyl sites for hydroxylation is 2. The first-order valence-corrected chi connectivity index (χ1v) is 9.06. The topological polar surface area (TPSA) is 0 Å². The van der Waals surface area contributed by atoms with Crippen molar-refractivity contribution in [1.29, 1.82) is 0 Å². The van der Waals surface area contributed by atoms with Gasteiger partial charge in [-0.05, 0) is 46.5 Å². The number of hydrogen-bond donors (Lipinski definition) is 0. The van der Waals surface area contributed by atoms with Crippen molar-refractivity contribution in [3.8, 4) is 0 Å². The zero-order valence-corrected chi connectivity index (χ0v) is 15.8. The molecule has 0 saturated heterocycles. The Balaban J connectivity index is 0.000000219. The van der Waals surface area contributed by atoms with E-state index in [2.05, 4.69) is 113 Å². The Labute approximate surface area is 159 Å². The molecule has 136 valence electrons. The summed E-state index contributed by atoms with van der Waals surface area (Å²) < 4.78 is 0. The summed E-state index contributed by atoms with van der Waals surface area (Å²) in [6.07, 6.45) is 1.25. The van der Waals surface area contributed by atoms with Crippen LogP contribution in [0.5, 0.6) is 0 Å². The average molecular weight is 345 g/mol. The van der Waals surface area contributed by atoms with Crippen LogP contribution in [0.15, 0.2) is 84.9 Å². The summed E-state index contributed by atoms with van der Waals surface area (Å²) >= 11 is 0. The van der Waals surface area contributed by atoms with Crippen molar-refractivity contribution in [2.75, 3.05) is 0 Å². The van der Waals surface area contributed by atoms with Gasteiger partial charge in [0.1, 0.15) is 0 Å². The smallest absolute Gasteiger partial charge is 0.0155 e. The van der Waals surface area contributed by atoms with Crippen molar-refractivity contribution in [3.63, 3.8) is 0 Å². The highest BCUT2D eigenvalue weighted by atomic mass is 14.0. The molecule has 0 N–H and O–H groups in total. The maximum absolute atomic E-state index is 2.16. The molecule has 26 heavy (non-hydrogen) atoms. The minimum Gasteiger partial charge on any atom is -0.0776 e. The second-order valence-electron chi connectivity index (χ2n) is 6.30. The summed E-state index contributed by atoms with van der Waals surface area (Å²) in [6, 6.07) is 29.7. The normalized spacial score (nSPS) is 9.38. The van der Waals surface area contributed by atoms with Gasteiger partial charge in [-0.2, -0.15) is 0 Å².